The molecule has 0 aliphatic rings. The molecule has 1 atom stereocenters. The van der Waals surface area contributed by atoms with Crippen LogP contribution in [0.25, 0.3) is 0 Å². The summed E-state index contributed by atoms with van der Waals surface area (Å²) in [5.74, 6) is -0.179. The lowest BCUT2D eigenvalue weighted by Crippen LogP contribution is -2.46. The van der Waals surface area contributed by atoms with Gasteiger partial charge in [0.05, 0.1) is 24.2 Å². The molecule has 0 saturated heterocycles. The van der Waals surface area contributed by atoms with Crippen molar-refractivity contribution in [1.29, 1.82) is 5.26 Å². The van der Waals surface area contributed by atoms with Crippen molar-refractivity contribution in [2.75, 3.05) is 18.5 Å². The van der Waals surface area contributed by atoms with Crippen molar-refractivity contribution in [3.63, 3.8) is 0 Å². The number of carbonyl (C=O) groups excluding carboxylic acids is 2. The maximum absolute atomic E-state index is 12.0. The van der Waals surface area contributed by atoms with Gasteiger partial charge >= 0.3 is 0 Å². The van der Waals surface area contributed by atoms with Crippen LogP contribution in [0.3, 0.4) is 0 Å². The minimum Gasteiger partial charge on any atom is -0.365 e. The van der Waals surface area contributed by atoms with Crippen molar-refractivity contribution in [3.8, 4) is 6.07 Å². The summed E-state index contributed by atoms with van der Waals surface area (Å²) in [5.41, 5.74) is 1.42. The molecule has 0 saturated carbocycles. The SMILES string of the molecule is CC(=O)C(NC(=O)CN(C)c1ccc(C#N)cc1)C(C)C. The van der Waals surface area contributed by atoms with Gasteiger partial charge in [0, 0.05) is 12.7 Å². The standard InChI is InChI=1S/C16H21N3O2/c1-11(2)16(12(3)20)18-15(21)10-19(4)14-7-5-13(9-17)6-8-14/h5-8,11,16H,10H2,1-4H3,(H,18,21). The molecule has 0 heterocycles. The van der Waals surface area contributed by atoms with E-state index in [1.807, 2.05) is 19.9 Å². The van der Waals surface area contributed by atoms with Gasteiger partial charge in [-0.25, -0.2) is 0 Å². The van der Waals surface area contributed by atoms with Crippen molar-refractivity contribution in [3.05, 3.63) is 29.8 Å². The van der Waals surface area contributed by atoms with Gasteiger partial charge in [-0.2, -0.15) is 5.26 Å². The van der Waals surface area contributed by atoms with Crippen molar-refractivity contribution in [1.82, 2.24) is 5.32 Å². The summed E-state index contributed by atoms with van der Waals surface area (Å²) in [4.78, 5) is 25.3. The molecule has 5 heteroatoms. The summed E-state index contributed by atoms with van der Waals surface area (Å²) in [6, 6.07) is 8.58. The molecule has 5 nitrogen and oxygen atoms in total. The van der Waals surface area contributed by atoms with Gasteiger partial charge in [-0.1, -0.05) is 13.8 Å². The van der Waals surface area contributed by atoms with Gasteiger partial charge in [0.25, 0.3) is 0 Å². The highest BCUT2D eigenvalue weighted by molar-refractivity contribution is 5.89. The first kappa shape index (κ1) is 16.7. The van der Waals surface area contributed by atoms with Crippen molar-refractivity contribution >= 4 is 17.4 Å². The summed E-state index contributed by atoms with van der Waals surface area (Å²) < 4.78 is 0. The number of nitrogens with one attached hydrogen (secondary N) is 1. The van der Waals surface area contributed by atoms with Gasteiger partial charge in [0.1, 0.15) is 0 Å². The second-order valence-corrected chi connectivity index (χ2v) is 5.41. The first-order chi connectivity index (χ1) is 9.85. The Hall–Kier alpha value is -2.35. The third-order valence-electron chi connectivity index (χ3n) is 3.24. The van der Waals surface area contributed by atoms with Crippen LogP contribution in [0.4, 0.5) is 5.69 Å². The summed E-state index contributed by atoms with van der Waals surface area (Å²) in [7, 11) is 1.79. The Labute approximate surface area is 125 Å². The molecule has 21 heavy (non-hydrogen) atoms. The number of nitrogens with zero attached hydrogens (tertiary/aromatic N) is 2. The molecular formula is C16H21N3O2. The fraction of sp³-hybridized carbons (Fsp3) is 0.438. The van der Waals surface area contributed by atoms with E-state index in [1.165, 1.54) is 6.92 Å². The van der Waals surface area contributed by atoms with E-state index in [4.69, 9.17) is 5.26 Å². The number of Topliss-reactive ketones (excluding diaryl/α,β-unsaturated/α-hetero) is 1. The van der Waals surface area contributed by atoms with E-state index < -0.39 is 6.04 Å². The molecule has 1 rings (SSSR count). The lowest BCUT2D eigenvalue weighted by Gasteiger charge is -2.23. The number of hydrogen-bond acceptors (Lipinski definition) is 4. The maximum atomic E-state index is 12.0. The van der Waals surface area contributed by atoms with Gasteiger partial charge in [-0.05, 0) is 37.1 Å². The van der Waals surface area contributed by atoms with Crippen LogP contribution < -0.4 is 10.2 Å². The van der Waals surface area contributed by atoms with E-state index in [9.17, 15) is 9.59 Å². The van der Waals surface area contributed by atoms with Crippen LogP contribution >= 0.6 is 0 Å². The predicted molar refractivity (Wildman–Crippen MR) is 81.9 cm³/mol. The van der Waals surface area contributed by atoms with E-state index in [0.717, 1.165) is 5.69 Å². The zero-order valence-electron chi connectivity index (χ0n) is 12.9. The highest BCUT2D eigenvalue weighted by Crippen LogP contribution is 2.13. The Kier molecular flexibility index (Phi) is 5.92. The number of rotatable bonds is 6. The van der Waals surface area contributed by atoms with Gasteiger partial charge in [0.2, 0.25) is 5.91 Å². The number of benzene rings is 1. The minimum absolute atomic E-state index is 0.0422. The van der Waals surface area contributed by atoms with E-state index >= 15 is 0 Å². The zero-order valence-corrected chi connectivity index (χ0v) is 12.9. The Morgan fingerprint density at radius 2 is 1.86 bits per heavy atom. The quantitative estimate of drug-likeness (QED) is 0.864. The largest absolute Gasteiger partial charge is 0.365 e. The lowest BCUT2D eigenvalue weighted by molar-refractivity contribution is -0.127. The minimum atomic E-state index is -0.452. The number of likely N-dealkylation sites (N-methyl/N-ethyl adjacent to an activating group) is 1. The molecule has 1 amide bonds. The number of nitriles is 1. The fourth-order valence-corrected chi connectivity index (χ4v) is 2.05. The second-order valence-electron chi connectivity index (χ2n) is 5.41. The van der Waals surface area contributed by atoms with Crippen LogP contribution in [-0.4, -0.2) is 31.3 Å². The van der Waals surface area contributed by atoms with E-state index in [-0.39, 0.29) is 24.2 Å². The van der Waals surface area contributed by atoms with Crippen molar-refractivity contribution < 1.29 is 9.59 Å². The topological polar surface area (TPSA) is 73.2 Å². The Balaban J connectivity index is 2.65. The van der Waals surface area contributed by atoms with Crippen LogP contribution in [0.5, 0.6) is 0 Å². The first-order valence-corrected chi connectivity index (χ1v) is 6.86. The molecule has 1 aromatic carbocycles. The zero-order chi connectivity index (χ0) is 16.0. The van der Waals surface area contributed by atoms with E-state index in [2.05, 4.69) is 5.32 Å². The third-order valence-corrected chi connectivity index (χ3v) is 3.24. The Bertz CT molecular complexity index is 544. The van der Waals surface area contributed by atoms with Gasteiger partial charge in [-0.15, -0.1) is 0 Å². The molecular weight excluding hydrogens is 266 g/mol. The number of carbonyl (C=O) groups is 2. The Morgan fingerprint density at radius 1 is 1.29 bits per heavy atom. The van der Waals surface area contributed by atoms with Crippen molar-refractivity contribution in [2.24, 2.45) is 5.92 Å². The molecule has 0 fully saturated rings. The van der Waals surface area contributed by atoms with Gasteiger partial charge in [-0.3, -0.25) is 9.59 Å². The number of hydrogen-bond donors (Lipinski definition) is 1. The van der Waals surface area contributed by atoms with Gasteiger partial charge in [0.15, 0.2) is 5.78 Å². The van der Waals surface area contributed by atoms with Crippen LogP contribution in [0.15, 0.2) is 24.3 Å². The van der Waals surface area contributed by atoms with Crippen LogP contribution in [0.2, 0.25) is 0 Å². The predicted octanol–water partition coefficient (Wildman–Crippen LogP) is 1.72. The molecule has 0 aromatic heterocycles. The maximum Gasteiger partial charge on any atom is 0.240 e. The average Bonchev–Trinajstić information content (AvgIpc) is 2.44. The molecule has 1 aromatic rings. The smallest absolute Gasteiger partial charge is 0.240 e. The lowest BCUT2D eigenvalue weighted by atomic mass is 10.0. The van der Waals surface area contributed by atoms with E-state index in [0.29, 0.717) is 5.56 Å². The van der Waals surface area contributed by atoms with Gasteiger partial charge < -0.3 is 10.2 Å². The normalized spacial score (nSPS) is 11.6. The summed E-state index contributed by atoms with van der Waals surface area (Å²) >= 11 is 0. The van der Waals surface area contributed by atoms with Crippen LogP contribution in [-0.2, 0) is 9.59 Å². The number of amides is 1. The molecule has 112 valence electrons. The number of ketones is 1. The average molecular weight is 287 g/mol. The number of anilines is 1. The van der Waals surface area contributed by atoms with Crippen molar-refractivity contribution in [2.45, 2.75) is 26.8 Å². The first-order valence-electron chi connectivity index (χ1n) is 6.86. The van der Waals surface area contributed by atoms with Crippen LogP contribution in [0, 0.1) is 17.2 Å². The highest BCUT2D eigenvalue weighted by Gasteiger charge is 2.21. The van der Waals surface area contributed by atoms with E-state index in [1.54, 1.807) is 36.2 Å². The summed E-state index contributed by atoms with van der Waals surface area (Å²) in [5, 5.41) is 11.5. The highest BCUT2D eigenvalue weighted by atomic mass is 16.2. The monoisotopic (exact) mass is 287 g/mol. The second kappa shape index (κ2) is 7.44. The summed E-state index contributed by atoms with van der Waals surface area (Å²) in [6.45, 7) is 5.44. The molecule has 0 spiro atoms. The molecule has 1 unspecified atom stereocenters. The summed E-state index contributed by atoms with van der Waals surface area (Å²) in [6.07, 6.45) is 0. The molecule has 0 radical (unpaired) electrons. The molecule has 0 bridgehead atoms. The molecule has 0 aliphatic heterocycles. The Morgan fingerprint density at radius 3 is 2.29 bits per heavy atom. The molecule has 0 aliphatic carbocycles. The fourth-order valence-electron chi connectivity index (χ4n) is 2.05. The van der Waals surface area contributed by atoms with Crippen LogP contribution in [0.1, 0.15) is 26.3 Å². The third kappa shape index (κ3) is 4.92. The molecule has 1 N–H and O–H groups in total.